The van der Waals surface area contributed by atoms with Crippen molar-refractivity contribution in [2.45, 2.75) is 4.90 Å². The maximum Gasteiger partial charge on any atom is 0.321 e. The van der Waals surface area contributed by atoms with Crippen molar-refractivity contribution >= 4 is 50.9 Å². The first kappa shape index (κ1) is 17.0. The number of rotatable bonds is 4. The summed E-state index contributed by atoms with van der Waals surface area (Å²) in [4.78, 5) is 13.2. The van der Waals surface area contributed by atoms with Crippen molar-refractivity contribution in [3.63, 3.8) is 0 Å². The highest BCUT2D eigenvalue weighted by atomic mass is 35.5. The Morgan fingerprint density at radius 2 is 1.58 bits per heavy atom. The van der Waals surface area contributed by atoms with Gasteiger partial charge in [0.1, 0.15) is 5.75 Å². The highest BCUT2D eigenvalue weighted by molar-refractivity contribution is 8.00. The summed E-state index contributed by atoms with van der Waals surface area (Å²) in [7, 11) is 0. The van der Waals surface area contributed by atoms with E-state index in [-0.39, 0.29) is 11.7 Å². The molecule has 0 atom stereocenters. The summed E-state index contributed by atoms with van der Waals surface area (Å²) < 4.78 is 5.49. The third-order valence-corrected chi connectivity index (χ3v) is 5.46. The minimum atomic E-state index is -0.283. The van der Waals surface area contributed by atoms with Gasteiger partial charge >= 0.3 is 5.97 Å². The Kier molecular flexibility index (Phi) is 4.83. The summed E-state index contributed by atoms with van der Waals surface area (Å²) in [6, 6.07) is 25.4. The van der Waals surface area contributed by atoms with Crippen LogP contribution in [-0.2, 0) is 4.79 Å². The second-order valence-electron chi connectivity index (χ2n) is 5.87. The molecule has 4 aromatic carbocycles. The van der Waals surface area contributed by atoms with Crippen LogP contribution in [0.15, 0.2) is 83.8 Å². The lowest BCUT2D eigenvalue weighted by Crippen LogP contribution is -2.10. The van der Waals surface area contributed by atoms with E-state index in [2.05, 4.69) is 0 Å². The molecule has 2 nitrogen and oxygen atoms in total. The van der Waals surface area contributed by atoms with Gasteiger partial charge in [0.05, 0.1) is 5.75 Å². The van der Waals surface area contributed by atoms with Crippen molar-refractivity contribution in [1.29, 1.82) is 0 Å². The van der Waals surface area contributed by atoms with Crippen LogP contribution < -0.4 is 4.74 Å². The summed E-state index contributed by atoms with van der Waals surface area (Å²) in [5, 5.41) is 4.89. The average Bonchev–Trinajstić information content (AvgIpc) is 2.66. The van der Waals surface area contributed by atoms with Gasteiger partial charge in [-0.25, -0.2) is 0 Å². The predicted octanol–water partition coefficient (Wildman–Crippen LogP) is 6.34. The van der Waals surface area contributed by atoms with Gasteiger partial charge in [0.25, 0.3) is 0 Å². The Labute approximate surface area is 160 Å². The molecule has 0 unspecified atom stereocenters. The SMILES string of the molecule is O=C(CSc1cccc2cccc(Cl)c12)Oc1ccc2ccccc2c1. The molecule has 0 bridgehead atoms. The van der Waals surface area contributed by atoms with E-state index in [1.807, 2.05) is 78.9 Å². The predicted molar refractivity (Wildman–Crippen MR) is 109 cm³/mol. The minimum Gasteiger partial charge on any atom is -0.426 e. The fourth-order valence-electron chi connectivity index (χ4n) is 2.91. The number of halogens is 1. The highest BCUT2D eigenvalue weighted by Crippen LogP contribution is 2.33. The molecule has 0 fully saturated rings. The number of carbonyl (C=O) groups is 1. The van der Waals surface area contributed by atoms with Crippen LogP contribution >= 0.6 is 23.4 Å². The summed E-state index contributed by atoms with van der Waals surface area (Å²) in [5.41, 5.74) is 0. The van der Waals surface area contributed by atoms with E-state index in [1.165, 1.54) is 11.8 Å². The topological polar surface area (TPSA) is 26.3 Å². The van der Waals surface area contributed by atoms with E-state index < -0.39 is 0 Å². The van der Waals surface area contributed by atoms with Crippen LogP contribution in [0, 0.1) is 0 Å². The average molecular weight is 379 g/mol. The van der Waals surface area contributed by atoms with Crippen molar-refractivity contribution in [2.75, 3.05) is 5.75 Å². The lowest BCUT2D eigenvalue weighted by molar-refractivity contribution is -0.131. The third kappa shape index (κ3) is 3.55. The first-order chi connectivity index (χ1) is 12.7. The van der Waals surface area contributed by atoms with Gasteiger partial charge < -0.3 is 4.74 Å². The second-order valence-corrected chi connectivity index (χ2v) is 7.29. The van der Waals surface area contributed by atoms with Crippen molar-refractivity contribution in [3.8, 4) is 5.75 Å². The van der Waals surface area contributed by atoms with Crippen molar-refractivity contribution in [3.05, 3.63) is 83.9 Å². The van der Waals surface area contributed by atoms with Crippen LogP contribution in [0.3, 0.4) is 0 Å². The molecule has 0 amide bonds. The Morgan fingerprint density at radius 1 is 0.846 bits per heavy atom. The number of hydrogen-bond acceptors (Lipinski definition) is 3. The molecule has 4 heteroatoms. The van der Waals surface area contributed by atoms with Crippen molar-refractivity contribution in [1.82, 2.24) is 0 Å². The quantitative estimate of drug-likeness (QED) is 0.235. The Balaban J connectivity index is 1.49. The molecule has 0 heterocycles. The minimum absolute atomic E-state index is 0.219. The number of benzene rings is 4. The van der Waals surface area contributed by atoms with E-state index in [9.17, 15) is 4.79 Å². The Hall–Kier alpha value is -2.49. The molecule has 0 aliphatic heterocycles. The summed E-state index contributed by atoms with van der Waals surface area (Å²) in [5.74, 6) is 0.497. The number of thioether (sulfide) groups is 1. The number of fused-ring (bicyclic) bond motifs is 2. The number of ether oxygens (including phenoxy) is 1. The Bertz CT molecular complexity index is 1100. The zero-order valence-electron chi connectivity index (χ0n) is 13.8. The third-order valence-electron chi connectivity index (χ3n) is 4.11. The largest absolute Gasteiger partial charge is 0.426 e. The van der Waals surface area contributed by atoms with E-state index in [0.717, 1.165) is 26.4 Å². The summed E-state index contributed by atoms with van der Waals surface area (Å²) >= 11 is 7.77. The molecule has 0 N–H and O–H groups in total. The van der Waals surface area contributed by atoms with Gasteiger partial charge in [-0.15, -0.1) is 11.8 Å². The highest BCUT2D eigenvalue weighted by Gasteiger charge is 2.10. The van der Waals surface area contributed by atoms with E-state index in [4.69, 9.17) is 16.3 Å². The van der Waals surface area contributed by atoms with Gasteiger partial charge in [-0.05, 0) is 40.4 Å². The van der Waals surface area contributed by atoms with Gasteiger partial charge in [0, 0.05) is 15.3 Å². The van der Waals surface area contributed by atoms with Crippen LogP contribution in [0.2, 0.25) is 5.02 Å². The molecule has 0 spiro atoms. The number of hydrogen-bond donors (Lipinski definition) is 0. The molecule has 26 heavy (non-hydrogen) atoms. The fraction of sp³-hybridized carbons (Fsp3) is 0.0455. The van der Waals surface area contributed by atoms with Crippen LogP contribution in [0.4, 0.5) is 0 Å². The first-order valence-electron chi connectivity index (χ1n) is 8.20. The maximum absolute atomic E-state index is 12.3. The van der Waals surface area contributed by atoms with Gasteiger partial charge in [0.2, 0.25) is 0 Å². The summed E-state index contributed by atoms with van der Waals surface area (Å²) in [6.07, 6.45) is 0. The van der Waals surface area contributed by atoms with Gasteiger partial charge in [-0.3, -0.25) is 4.79 Å². The smallest absolute Gasteiger partial charge is 0.321 e. The molecular formula is C22H15ClO2S. The van der Waals surface area contributed by atoms with Gasteiger partial charge in [-0.1, -0.05) is 66.2 Å². The second kappa shape index (κ2) is 7.40. The van der Waals surface area contributed by atoms with E-state index >= 15 is 0 Å². The van der Waals surface area contributed by atoms with E-state index in [0.29, 0.717) is 10.8 Å². The summed E-state index contributed by atoms with van der Waals surface area (Å²) in [6.45, 7) is 0. The van der Waals surface area contributed by atoms with Crippen LogP contribution in [0.1, 0.15) is 0 Å². The molecule has 0 saturated carbocycles. The van der Waals surface area contributed by atoms with Gasteiger partial charge in [-0.2, -0.15) is 0 Å². The molecule has 0 aliphatic rings. The molecule has 0 aromatic heterocycles. The van der Waals surface area contributed by atoms with Crippen LogP contribution in [-0.4, -0.2) is 11.7 Å². The van der Waals surface area contributed by atoms with Crippen molar-refractivity contribution in [2.24, 2.45) is 0 Å². The Morgan fingerprint density at radius 3 is 2.42 bits per heavy atom. The van der Waals surface area contributed by atoms with Crippen LogP contribution in [0.25, 0.3) is 21.5 Å². The standard InChI is InChI=1S/C22H15ClO2S/c23-19-9-3-7-16-8-4-10-20(22(16)19)26-14-21(24)25-18-12-11-15-5-1-2-6-17(15)13-18/h1-13H,14H2. The normalized spacial score (nSPS) is 11.0. The molecule has 0 radical (unpaired) electrons. The lowest BCUT2D eigenvalue weighted by atomic mass is 10.1. The van der Waals surface area contributed by atoms with Crippen LogP contribution in [0.5, 0.6) is 5.75 Å². The number of carbonyl (C=O) groups excluding carboxylic acids is 1. The molecule has 0 saturated heterocycles. The first-order valence-corrected chi connectivity index (χ1v) is 9.56. The maximum atomic E-state index is 12.3. The molecular weight excluding hydrogens is 364 g/mol. The zero-order valence-corrected chi connectivity index (χ0v) is 15.4. The molecule has 4 aromatic rings. The van der Waals surface area contributed by atoms with E-state index in [1.54, 1.807) is 0 Å². The van der Waals surface area contributed by atoms with Gasteiger partial charge in [0.15, 0.2) is 0 Å². The zero-order chi connectivity index (χ0) is 17.9. The monoisotopic (exact) mass is 378 g/mol. The van der Waals surface area contributed by atoms with Crippen molar-refractivity contribution < 1.29 is 9.53 Å². The molecule has 0 aliphatic carbocycles. The fourth-order valence-corrected chi connectivity index (χ4v) is 4.13. The number of esters is 1. The molecule has 128 valence electrons. The lowest BCUT2D eigenvalue weighted by Gasteiger charge is -2.08. The molecule has 4 rings (SSSR count).